The Bertz CT molecular complexity index is 658. The standard InChI is InChI=1S/C15H13F3N2/c16-10-5-6-12(15(18)14(10)17)20-13-7-11(19)8-3-1-2-4-9(8)13/h1-6,11,13,20H,7,19H2. The Morgan fingerprint density at radius 2 is 1.65 bits per heavy atom. The molecule has 3 N–H and O–H groups in total. The molecule has 5 heteroatoms. The van der Waals surface area contributed by atoms with Crippen LogP contribution in [0.25, 0.3) is 0 Å². The molecule has 2 aromatic carbocycles. The Labute approximate surface area is 114 Å². The van der Waals surface area contributed by atoms with E-state index in [1.54, 1.807) is 0 Å². The summed E-state index contributed by atoms with van der Waals surface area (Å²) in [4.78, 5) is 0. The van der Waals surface area contributed by atoms with Crippen LogP contribution in [0.1, 0.15) is 29.6 Å². The van der Waals surface area contributed by atoms with Crippen molar-refractivity contribution in [1.82, 2.24) is 0 Å². The summed E-state index contributed by atoms with van der Waals surface area (Å²) in [5.74, 6) is -3.87. The second kappa shape index (κ2) is 4.83. The molecule has 0 radical (unpaired) electrons. The van der Waals surface area contributed by atoms with Crippen LogP contribution < -0.4 is 11.1 Å². The summed E-state index contributed by atoms with van der Waals surface area (Å²) in [6.45, 7) is 0. The molecule has 1 aliphatic carbocycles. The third-order valence-electron chi connectivity index (χ3n) is 3.63. The lowest BCUT2D eigenvalue weighted by molar-refractivity contribution is 0.448. The third kappa shape index (κ3) is 2.04. The van der Waals surface area contributed by atoms with Crippen LogP contribution in [-0.2, 0) is 0 Å². The summed E-state index contributed by atoms with van der Waals surface area (Å²) in [5, 5.41) is 2.90. The van der Waals surface area contributed by atoms with Gasteiger partial charge in [-0.3, -0.25) is 0 Å². The zero-order valence-electron chi connectivity index (χ0n) is 10.5. The molecule has 104 valence electrons. The minimum absolute atomic E-state index is 0.0576. The Morgan fingerprint density at radius 1 is 0.950 bits per heavy atom. The Hall–Kier alpha value is -2.01. The van der Waals surface area contributed by atoms with Crippen molar-refractivity contribution in [2.75, 3.05) is 5.32 Å². The maximum absolute atomic E-state index is 13.7. The molecular formula is C15H13F3N2. The van der Waals surface area contributed by atoms with Gasteiger partial charge in [-0.25, -0.2) is 13.2 Å². The van der Waals surface area contributed by atoms with Crippen LogP contribution in [0.3, 0.4) is 0 Å². The number of benzene rings is 2. The highest BCUT2D eigenvalue weighted by Gasteiger charge is 2.29. The molecule has 2 aromatic rings. The van der Waals surface area contributed by atoms with Crippen molar-refractivity contribution in [2.45, 2.75) is 18.5 Å². The number of nitrogens with one attached hydrogen (secondary N) is 1. The van der Waals surface area contributed by atoms with Gasteiger partial charge in [0.1, 0.15) is 0 Å². The van der Waals surface area contributed by atoms with E-state index in [0.29, 0.717) is 6.42 Å². The zero-order chi connectivity index (χ0) is 14.3. The second-order valence-corrected chi connectivity index (χ2v) is 4.89. The molecule has 3 rings (SSSR count). The molecule has 0 saturated heterocycles. The van der Waals surface area contributed by atoms with E-state index in [1.807, 2.05) is 24.3 Å². The predicted octanol–water partition coefficient (Wildman–Crippen LogP) is 3.66. The van der Waals surface area contributed by atoms with E-state index in [1.165, 1.54) is 6.07 Å². The summed E-state index contributed by atoms with van der Waals surface area (Å²) in [7, 11) is 0. The van der Waals surface area contributed by atoms with Crippen LogP contribution in [0.2, 0.25) is 0 Å². The van der Waals surface area contributed by atoms with E-state index < -0.39 is 17.5 Å². The van der Waals surface area contributed by atoms with Crippen molar-refractivity contribution in [1.29, 1.82) is 0 Å². The molecule has 0 amide bonds. The molecule has 2 atom stereocenters. The van der Waals surface area contributed by atoms with Gasteiger partial charge in [0.05, 0.1) is 11.7 Å². The quantitative estimate of drug-likeness (QED) is 0.823. The largest absolute Gasteiger partial charge is 0.376 e. The van der Waals surface area contributed by atoms with Crippen molar-refractivity contribution in [2.24, 2.45) is 5.73 Å². The zero-order valence-corrected chi connectivity index (χ0v) is 10.5. The maximum atomic E-state index is 13.7. The molecule has 0 spiro atoms. The predicted molar refractivity (Wildman–Crippen MR) is 70.7 cm³/mol. The van der Waals surface area contributed by atoms with Crippen LogP contribution in [-0.4, -0.2) is 0 Å². The van der Waals surface area contributed by atoms with Crippen molar-refractivity contribution < 1.29 is 13.2 Å². The van der Waals surface area contributed by atoms with Gasteiger partial charge in [0.25, 0.3) is 0 Å². The molecular weight excluding hydrogens is 265 g/mol. The first-order valence-electron chi connectivity index (χ1n) is 6.32. The van der Waals surface area contributed by atoms with Crippen LogP contribution in [0.4, 0.5) is 18.9 Å². The maximum Gasteiger partial charge on any atom is 0.196 e. The lowest BCUT2D eigenvalue weighted by Gasteiger charge is -2.16. The molecule has 0 aromatic heterocycles. The number of hydrogen-bond acceptors (Lipinski definition) is 2. The molecule has 2 nitrogen and oxygen atoms in total. The van der Waals surface area contributed by atoms with Gasteiger partial charge in [-0.1, -0.05) is 24.3 Å². The van der Waals surface area contributed by atoms with Crippen molar-refractivity contribution in [3.63, 3.8) is 0 Å². The van der Waals surface area contributed by atoms with Gasteiger partial charge < -0.3 is 11.1 Å². The molecule has 0 saturated carbocycles. The highest BCUT2D eigenvalue weighted by Crippen LogP contribution is 2.39. The summed E-state index contributed by atoms with van der Waals surface area (Å²) in [5.41, 5.74) is 7.91. The van der Waals surface area contributed by atoms with Gasteiger partial charge >= 0.3 is 0 Å². The van der Waals surface area contributed by atoms with Crippen LogP contribution in [0, 0.1) is 17.5 Å². The number of rotatable bonds is 2. The van der Waals surface area contributed by atoms with Crippen molar-refractivity contribution in [3.8, 4) is 0 Å². The SMILES string of the molecule is NC1CC(Nc2ccc(F)c(F)c2F)c2ccccc21. The van der Waals surface area contributed by atoms with E-state index >= 15 is 0 Å². The summed E-state index contributed by atoms with van der Waals surface area (Å²) >= 11 is 0. The van der Waals surface area contributed by atoms with Gasteiger partial charge in [0.15, 0.2) is 17.5 Å². The summed E-state index contributed by atoms with van der Waals surface area (Å²) in [6, 6.07) is 9.33. The minimum Gasteiger partial charge on any atom is -0.376 e. The number of anilines is 1. The molecule has 0 fully saturated rings. The molecule has 1 aliphatic rings. The van der Waals surface area contributed by atoms with Crippen molar-refractivity contribution in [3.05, 3.63) is 65.0 Å². The van der Waals surface area contributed by atoms with Gasteiger partial charge in [-0.2, -0.15) is 0 Å². The number of hydrogen-bond donors (Lipinski definition) is 2. The number of halogens is 3. The van der Waals surface area contributed by atoms with Gasteiger partial charge in [0, 0.05) is 6.04 Å². The Kier molecular flexibility index (Phi) is 3.14. The highest BCUT2D eigenvalue weighted by atomic mass is 19.2. The van der Waals surface area contributed by atoms with E-state index in [9.17, 15) is 13.2 Å². The first-order valence-corrected chi connectivity index (χ1v) is 6.32. The fourth-order valence-corrected chi connectivity index (χ4v) is 2.64. The van der Waals surface area contributed by atoms with Crippen molar-refractivity contribution >= 4 is 5.69 Å². The average Bonchev–Trinajstić information content (AvgIpc) is 2.77. The normalized spacial score (nSPS) is 20.8. The van der Waals surface area contributed by atoms with E-state index in [0.717, 1.165) is 17.2 Å². The molecule has 20 heavy (non-hydrogen) atoms. The lowest BCUT2D eigenvalue weighted by atomic mass is 10.1. The molecule has 0 bridgehead atoms. The minimum atomic E-state index is -1.47. The fourth-order valence-electron chi connectivity index (χ4n) is 2.64. The second-order valence-electron chi connectivity index (χ2n) is 4.89. The van der Waals surface area contributed by atoms with Crippen LogP contribution >= 0.6 is 0 Å². The molecule has 2 unspecified atom stereocenters. The van der Waals surface area contributed by atoms with Gasteiger partial charge in [-0.15, -0.1) is 0 Å². The van der Waals surface area contributed by atoms with E-state index in [2.05, 4.69) is 5.32 Å². The van der Waals surface area contributed by atoms with Gasteiger partial charge in [-0.05, 0) is 29.7 Å². The smallest absolute Gasteiger partial charge is 0.196 e. The molecule has 0 heterocycles. The molecule has 0 aliphatic heterocycles. The highest BCUT2D eigenvalue weighted by molar-refractivity contribution is 5.50. The monoisotopic (exact) mass is 278 g/mol. The van der Waals surface area contributed by atoms with E-state index in [-0.39, 0.29) is 17.8 Å². The number of nitrogens with two attached hydrogens (primary N) is 1. The fraction of sp³-hybridized carbons (Fsp3) is 0.200. The van der Waals surface area contributed by atoms with Crippen LogP contribution in [0.5, 0.6) is 0 Å². The lowest BCUT2D eigenvalue weighted by Crippen LogP contribution is -2.11. The number of fused-ring (bicyclic) bond motifs is 1. The third-order valence-corrected chi connectivity index (χ3v) is 3.63. The first kappa shape index (κ1) is 13.0. The summed E-state index contributed by atoms with van der Waals surface area (Å²) < 4.78 is 39.8. The van der Waals surface area contributed by atoms with E-state index in [4.69, 9.17) is 5.73 Å². The Morgan fingerprint density at radius 3 is 2.40 bits per heavy atom. The first-order chi connectivity index (χ1) is 9.58. The van der Waals surface area contributed by atoms with Crippen LogP contribution in [0.15, 0.2) is 36.4 Å². The summed E-state index contributed by atoms with van der Waals surface area (Å²) in [6.07, 6.45) is 0.581. The average molecular weight is 278 g/mol. The topological polar surface area (TPSA) is 38.0 Å². The Balaban J connectivity index is 1.92. The van der Waals surface area contributed by atoms with Gasteiger partial charge in [0.2, 0.25) is 0 Å².